The fourth-order valence-electron chi connectivity index (χ4n) is 1.33. The Bertz CT molecular complexity index is 174. The largest absolute Gasteiger partial charge is 0.340 e. The molecule has 1 amide bonds. The molecule has 0 rings (SSSR count). The maximum atomic E-state index is 10.8. The van der Waals surface area contributed by atoms with Crippen molar-refractivity contribution in [3.8, 4) is 0 Å². The van der Waals surface area contributed by atoms with Crippen molar-refractivity contribution >= 4 is 6.41 Å². The van der Waals surface area contributed by atoms with Crippen molar-refractivity contribution in [1.82, 2.24) is 4.90 Å². The van der Waals surface area contributed by atoms with Crippen molar-refractivity contribution in [2.24, 2.45) is 5.41 Å². The van der Waals surface area contributed by atoms with Gasteiger partial charge in [0.25, 0.3) is 0 Å². The van der Waals surface area contributed by atoms with Gasteiger partial charge in [0.1, 0.15) is 0 Å². The Morgan fingerprint density at radius 3 is 1.86 bits per heavy atom. The summed E-state index contributed by atoms with van der Waals surface area (Å²) in [6.07, 6.45) is 3.20. The normalized spacial score (nSPS) is 12.7. The molecule has 0 aliphatic heterocycles. The lowest BCUT2D eigenvalue weighted by molar-refractivity contribution is -0.122. The van der Waals surface area contributed by atoms with E-state index >= 15 is 0 Å². The summed E-state index contributed by atoms with van der Waals surface area (Å²) < 4.78 is 0. The average Bonchev–Trinajstić information content (AvgIpc) is 1.93. The van der Waals surface area contributed by atoms with Crippen LogP contribution in [0.5, 0.6) is 0 Å². The van der Waals surface area contributed by atoms with Crippen LogP contribution in [0, 0.1) is 5.41 Å². The maximum absolute atomic E-state index is 10.8. The van der Waals surface area contributed by atoms with Gasteiger partial charge in [-0.05, 0) is 39.0 Å². The van der Waals surface area contributed by atoms with Gasteiger partial charge in [-0.2, -0.15) is 0 Å². The highest BCUT2D eigenvalue weighted by Gasteiger charge is 2.19. The molecule has 0 bridgehead atoms. The molecule has 14 heavy (non-hydrogen) atoms. The molecule has 0 aromatic carbocycles. The lowest BCUT2D eigenvalue weighted by atomic mass is 9.90. The molecule has 0 aromatic heterocycles. The second kappa shape index (κ2) is 4.81. The summed E-state index contributed by atoms with van der Waals surface area (Å²) in [5.74, 6) is 0. The molecule has 0 fully saturated rings. The minimum Gasteiger partial charge on any atom is -0.340 e. The molecule has 0 aromatic rings. The van der Waals surface area contributed by atoms with E-state index in [0.29, 0.717) is 5.41 Å². The number of carbonyl (C=O) groups excluding carboxylic acids is 1. The number of rotatable bonds is 4. The van der Waals surface area contributed by atoms with Crippen molar-refractivity contribution in [2.75, 3.05) is 6.54 Å². The number of hydrogen-bond acceptors (Lipinski definition) is 1. The molecule has 0 aliphatic carbocycles. The van der Waals surface area contributed by atoms with Crippen molar-refractivity contribution < 1.29 is 4.79 Å². The molecular formula is C12H25NO. The molecule has 0 atom stereocenters. The van der Waals surface area contributed by atoms with Gasteiger partial charge in [-0.15, -0.1) is 0 Å². The van der Waals surface area contributed by atoms with Gasteiger partial charge in [-0.25, -0.2) is 0 Å². The van der Waals surface area contributed by atoms with Crippen molar-refractivity contribution in [1.29, 1.82) is 0 Å². The quantitative estimate of drug-likeness (QED) is 0.637. The van der Waals surface area contributed by atoms with Gasteiger partial charge in [-0.1, -0.05) is 20.8 Å². The van der Waals surface area contributed by atoms with Gasteiger partial charge in [-0.3, -0.25) is 4.79 Å². The lowest BCUT2D eigenvalue weighted by Crippen LogP contribution is -2.41. The summed E-state index contributed by atoms with van der Waals surface area (Å²) >= 11 is 0. The SMILES string of the molecule is CC(C)(C)CCCN(C=O)C(C)(C)C. The van der Waals surface area contributed by atoms with Gasteiger partial charge >= 0.3 is 0 Å². The van der Waals surface area contributed by atoms with E-state index in [4.69, 9.17) is 0 Å². The second-order valence-corrected chi connectivity index (χ2v) is 6.13. The molecule has 0 radical (unpaired) electrons. The number of nitrogens with zero attached hydrogens (tertiary/aromatic N) is 1. The minimum atomic E-state index is -0.0420. The fraction of sp³-hybridized carbons (Fsp3) is 0.917. The Kier molecular flexibility index (Phi) is 4.63. The van der Waals surface area contributed by atoms with Crippen LogP contribution in [0.4, 0.5) is 0 Å². The average molecular weight is 199 g/mol. The molecule has 0 aliphatic rings. The predicted octanol–water partition coefficient (Wildman–Crippen LogP) is 3.07. The van der Waals surface area contributed by atoms with Crippen LogP contribution in [-0.4, -0.2) is 23.4 Å². The zero-order chi connectivity index (χ0) is 11.4. The molecule has 0 heterocycles. The molecule has 0 unspecified atom stereocenters. The van der Waals surface area contributed by atoms with E-state index in [-0.39, 0.29) is 5.54 Å². The Balaban J connectivity index is 3.93. The third-order valence-corrected chi connectivity index (χ3v) is 2.31. The lowest BCUT2D eigenvalue weighted by Gasteiger charge is -2.33. The molecule has 0 spiro atoms. The summed E-state index contributed by atoms with van der Waals surface area (Å²) in [6, 6.07) is 0. The van der Waals surface area contributed by atoms with Crippen molar-refractivity contribution in [3.05, 3.63) is 0 Å². The first kappa shape index (κ1) is 13.5. The standard InChI is InChI=1S/C12H25NO/c1-11(2,3)8-7-9-13(10-14)12(4,5)6/h10H,7-9H2,1-6H3. The van der Waals surface area contributed by atoms with Crippen LogP contribution in [0.2, 0.25) is 0 Å². The van der Waals surface area contributed by atoms with Gasteiger partial charge in [0, 0.05) is 12.1 Å². The topological polar surface area (TPSA) is 20.3 Å². The van der Waals surface area contributed by atoms with Gasteiger partial charge in [0.2, 0.25) is 6.41 Å². The van der Waals surface area contributed by atoms with E-state index in [9.17, 15) is 4.79 Å². The highest BCUT2D eigenvalue weighted by atomic mass is 16.1. The van der Waals surface area contributed by atoms with E-state index in [0.717, 1.165) is 25.8 Å². The van der Waals surface area contributed by atoms with Crippen molar-refractivity contribution in [2.45, 2.75) is 59.9 Å². The minimum absolute atomic E-state index is 0.0420. The molecule has 0 saturated heterocycles. The van der Waals surface area contributed by atoms with E-state index < -0.39 is 0 Å². The summed E-state index contributed by atoms with van der Waals surface area (Å²) in [6.45, 7) is 13.8. The third kappa shape index (κ3) is 6.01. The second-order valence-electron chi connectivity index (χ2n) is 6.13. The Hall–Kier alpha value is -0.530. The van der Waals surface area contributed by atoms with Crippen LogP contribution >= 0.6 is 0 Å². The Morgan fingerprint density at radius 2 is 1.57 bits per heavy atom. The summed E-state index contributed by atoms with van der Waals surface area (Å²) in [5, 5.41) is 0. The fourth-order valence-corrected chi connectivity index (χ4v) is 1.33. The number of carbonyl (C=O) groups is 1. The number of amides is 1. The third-order valence-electron chi connectivity index (χ3n) is 2.31. The molecule has 2 nitrogen and oxygen atoms in total. The molecule has 0 N–H and O–H groups in total. The molecule has 84 valence electrons. The van der Waals surface area contributed by atoms with Crippen LogP contribution in [0.15, 0.2) is 0 Å². The first-order chi connectivity index (χ1) is 6.17. The zero-order valence-electron chi connectivity index (χ0n) is 10.6. The van der Waals surface area contributed by atoms with E-state index in [1.165, 1.54) is 0 Å². The first-order valence-electron chi connectivity index (χ1n) is 5.39. The first-order valence-corrected chi connectivity index (χ1v) is 5.39. The summed E-state index contributed by atoms with van der Waals surface area (Å²) in [7, 11) is 0. The predicted molar refractivity (Wildman–Crippen MR) is 61.2 cm³/mol. The van der Waals surface area contributed by atoms with Gasteiger partial charge in [0.15, 0.2) is 0 Å². The molecule has 0 saturated carbocycles. The highest BCUT2D eigenvalue weighted by molar-refractivity contribution is 5.48. The number of hydrogen-bond donors (Lipinski definition) is 0. The van der Waals surface area contributed by atoms with E-state index in [1.54, 1.807) is 0 Å². The van der Waals surface area contributed by atoms with Crippen molar-refractivity contribution in [3.63, 3.8) is 0 Å². The van der Waals surface area contributed by atoms with Crippen LogP contribution in [0.1, 0.15) is 54.4 Å². The molecule has 2 heteroatoms. The highest BCUT2D eigenvalue weighted by Crippen LogP contribution is 2.21. The maximum Gasteiger partial charge on any atom is 0.210 e. The van der Waals surface area contributed by atoms with Crippen LogP contribution in [0.3, 0.4) is 0 Å². The summed E-state index contributed by atoms with van der Waals surface area (Å²) in [4.78, 5) is 12.7. The summed E-state index contributed by atoms with van der Waals surface area (Å²) in [5.41, 5.74) is 0.325. The smallest absolute Gasteiger partial charge is 0.210 e. The van der Waals surface area contributed by atoms with Gasteiger partial charge in [0.05, 0.1) is 0 Å². The zero-order valence-corrected chi connectivity index (χ0v) is 10.6. The van der Waals surface area contributed by atoms with E-state index in [2.05, 4.69) is 41.5 Å². The van der Waals surface area contributed by atoms with Crippen LogP contribution in [-0.2, 0) is 4.79 Å². The Labute approximate surface area is 88.7 Å². The van der Waals surface area contributed by atoms with E-state index in [1.807, 2.05) is 4.90 Å². The van der Waals surface area contributed by atoms with Crippen LogP contribution in [0.25, 0.3) is 0 Å². The van der Waals surface area contributed by atoms with Crippen LogP contribution < -0.4 is 0 Å². The monoisotopic (exact) mass is 199 g/mol. The molecular weight excluding hydrogens is 174 g/mol. The van der Waals surface area contributed by atoms with Gasteiger partial charge < -0.3 is 4.90 Å². The Morgan fingerprint density at radius 1 is 1.07 bits per heavy atom.